The predicted octanol–water partition coefficient (Wildman–Crippen LogP) is 2.20. The third kappa shape index (κ3) is 3.21. The van der Waals surface area contributed by atoms with Gasteiger partial charge in [0.2, 0.25) is 0 Å². The number of likely N-dealkylation sites (tertiary alicyclic amines) is 1. The second kappa shape index (κ2) is 7.17. The lowest BCUT2D eigenvalue weighted by molar-refractivity contribution is 0.0906. The average molecular weight is 355 g/mol. The Morgan fingerprint density at radius 2 is 2.12 bits per heavy atom. The molecule has 1 amide bonds. The maximum absolute atomic E-state index is 11.8. The zero-order valence-corrected chi connectivity index (χ0v) is 14.7. The summed E-state index contributed by atoms with van der Waals surface area (Å²) in [6.45, 7) is 3.36. The van der Waals surface area contributed by atoms with E-state index in [-0.39, 0.29) is 18.5 Å². The predicted molar refractivity (Wildman–Crippen MR) is 95.1 cm³/mol. The maximum Gasteiger partial charge on any atom is 0.409 e. The molecule has 1 aromatic carbocycles. The maximum atomic E-state index is 11.8. The molecular formula is C16H23ClN4O3. The van der Waals surface area contributed by atoms with E-state index >= 15 is 0 Å². The first kappa shape index (κ1) is 18.2. The van der Waals surface area contributed by atoms with Gasteiger partial charge < -0.3 is 25.4 Å². The number of piperidine rings is 1. The number of anilines is 1. The van der Waals surface area contributed by atoms with Crippen LogP contribution in [0.1, 0.15) is 25.3 Å². The summed E-state index contributed by atoms with van der Waals surface area (Å²) >= 11 is 0. The average Bonchev–Trinajstić information content (AvgIpc) is 2.55. The second-order valence-corrected chi connectivity index (χ2v) is 5.72. The fourth-order valence-corrected chi connectivity index (χ4v) is 3.15. The Morgan fingerprint density at radius 1 is 1.42 bits per heavy atom. The highest BCUT2D eigenvalue weighted by molar-refractivity contribution is 6.06. The molecule has 2 aliphatic rings. The largest absolute Gasteiger partial charge is 0.496 e. The molecule has 24 heavy (non-hydrogen) atoms. The van der Waals surface area contributed by atoms with Crippen LogP contribution in [0.25, 0.3) is 0 Å². The summed E-state index contributed by atoms with van der Waals surface area (Å²) in [7, 11) is 1.62. The van der Waals surface area contributed by atoms with Gasteiger partial charge >= 0.3 is 6.09 Å². The van der Waals surface area contributed by atoms with Crippen molar-refractivity contribution >= 4 is 30.0 Å². The van der Waals surface area contributed by atoms with Gasteiger partial charge in [0.1, 0.15) is 17.2 Å². The first-order valence-electron chi connectivity index (χ1n) is 7.81. The molecule has 2 heterocycles. The van der Waals surface area contributed by atoms with Crippen LogP contribution >= 0.6 is 12.4 Å². The Morgan fingerprint density at radius 3 is 2.75 bits per heavy atom. The van der Waals surface area contributed by atoms with Crippen molar-refractivity contribution in [3.05, 3.63) is 23.8 Å². The molecule has 3 N–H and O–H groups in total. The van der Waals surface area contributed by atoms with Crippen molar-refractivity contribution < 1.29 is 14.3 Å². The van der Waals surface area contributed by atoms with Crippen LogP contribution in [0.15, 0.2) is 23.2 Å². The van der Waals surface area contributed by atoms with Gasteiger partial charge in [0.05, 0.1) is 25.0 Å². The molecule has 0 aliphatic carbocycles. The monoisotopic (exact) mass is 354 g/mol. The van der Waals surface area contributed by atoms with Gasteiger partial charge in [-0.2, -0.15) is 0 Å². The lowest BCUT2D eigenvalue weighted by atomic mass is 9.93. The van der Waals surface area contributed by atoms with Crippen molar-refractivity contribution in [3.8, 4) is 5.75 Å². The summed E-state index contributed by atoms with van der Waals surface area (Å²) in [5.74, 6) is 1.18. The number of fused-ring (bicyclic) bond motifs is 1. The zero-order valence-electron chi connectivity index (χ0n) is 13.9. The number of ether oxygens (including phenoxy) is 2. The SMILES string of the molecule is CCOC(=O)N1CCC2(CC1)N=C(N)c1c(cccc1OC)N2.Cl. The highest BCUT2D eigenvalue weighted by Crippen LogP contribution is 2.37. The Kier molecular flexibility index (Phi) is 5.43. The van der Waals surface area contributed by atoms with Crippen molar-refractivity contribution in [2.75, 3.05) is 32.1 Å². The molecule has 1 fully saturated rings. The minimum absolute atomic E-state index is 0. The standard InChI is InChI=1S/C16H22N4O3.ClH/c1-3-23-15(21)20-9-7-16(8-10-20)18-11-5-4-6-12(22-2)13(11)14(17)19-16;/h4-6,18H,3,7-10H2,1-2H3,(H2,17,19);1H. The van der Waals surface area contributed by atoms with E-state index in [1.54, 1.807) is 18.9 Å². The number of aliphatic imine (C=N–C) groups is 1. The number of nitrogens with zero attached hydrogens (tertiary/aromatic N) is 2. The first-order valence-corrected chi connectivity index (χ1v) is 7.81. The van der Waals surface area contributed by atoms with E-state index in [4.69, 9.17) is 15.2 Å². The molecule has 1 saturated heterocycles. The number of hydrogen-bond acceptors (Lipinski definition) is 6. The molecule has 132 valence electrons. The topological polar surface area (TPSA) is 89.2 Å². The highest BCUT2D eigenvalue weighted by atomic mass is 35.5. The summed E-state index contributed by atoms with van der Waals surface area (Å²) in [5, 5.41) is 3.48. The molecule has 2 aliphatic heterocycles. The van der Waals surface area contributed by atoms with Gasteiger partial charge in [0, 0.05) is 25.9 Å². The van der Waals surface area contributed by atoms with Crippen molar-refractivity contribution in [1.29, 1.82) is 0 Å². The molecule has 0 radical (unpaired) electrons. The number of halogens is 1. The van der Waals surface area contributed by atoms with Crippen LogP contribution in [-0.4, -0.2) is 49.3 Å². The molecular weight excluding hydrogens is 332 g/mol. The van der Waals surface area contributed by atoms with Crippen molar-refractivity contribution in [2.24, 2.45) is 10.7 Å². The van der Waals surface area contributed by atoms with Gasteiger partial charge in [-0.15, -0.1) is 12.4 Å². The van der Waals surface area contributed by atoms with Crippen LogP contribution in [0.2, 0.25) is 0 Å². The van der Waals surface area contributed by atoms with Gasteiger partial charge in [-0.05, 0) is 19.1 Å². The van der Waals surface area contributed by atoms with Gasteiger partial charge in [-0.3, -0.25) is 0 Å². The molecule has 1 spiro atoms. The molecule has 0 atom stereocenters. The lowest BCUT2D eigenvalue weighted by Crippen LogP contribution is -2.52. The number of hydrogen-bond donors (Lipinski definition) is 2. The molecule has 7 nitrogen and oxygen atoms in total. The van der Waals surface area contributed by atoms with Crippen LogP contribution in [0.5, 0.6) is 5.75 Å². The van der Waals surface area contributed by atoms with E-state index in [0.717, 1.165) is 11.3 Å². The highest BCUT2D eigenvalue weighted by Gasteiger charge is 2.39. The summed E-state index contributed by atoms with van der Waals surface area (Å²) < 4.78 is 10.4. The van der Waals surface area contributed by atoms with E-state index < -0.39 is 5.66 Å². The first-order chi connectivity index (χ1) is 11.1. The number of carbonyl (C=O) groups is 1. The molecule has 8 heteroatoms. The number of nitrogens with one attached hydrogen (secondary N) is 1. The molecule has 1 aromatic rings. The molecule has 0 saturated carbocycles. The van der Waals surface area contributed by atoms with E-state index in [0.29, 0.717) is 44.1 Å². The smallest absolute Gasteiger partial charge is 0.409 e. The minimum atomic E-state index is -0.466. The van der Waals surface area contributed by atoms with Crippen molar-refractivity contribution in [2.45, 2.75) is 25.4 Å². The van der Waals surface area contributed by atoms with Gasteiger partial charge in [-0.1, -0.05) is 6.07 Å². The van der Waals surface area contributed by atoms with Gasteiger partial charge in [0.25, 0.3) is 0 Å². The van der Waals surface area contributed by atoms with E-state index in [2.05, 4.69) is 10.3 Å². The van der Waals surface area contributed by atoms with Gasteiger partial charge in [0.15, 0.2) is 0 Å². The fourth-order valence-electron chi connectivity index (χ4n) is 3.15. The number of rotatable bonds is 2. The fraction of sp³-hybridized carbons (Fsp3) is 0.500. The molecule has 0 aromatic heterocycles. The normalized spacial score (nSPS) is 17.9. The summed E-state index contributed by atoms with van der Waals surface area (Å²) in [4.78, 5) is 18.2. The second-order valence-electron chi connectivity index (χ2n) is 5.72. The summed E-state index contributed by atoms with van der Waals surface area (Å²) in [5.41, 5.74) is 7.45. The molecule has 0 bridgehead atoms. The number of methoxy groups -OCH3 is 1. The number of nitrogens with two attached hydrogens (primary N) is 1. The van der Waals surface area contributed by atoms with Gasteiger partial charge in [-0.25, -0.2) is 9.79 Å². The number of benzene rings is 1. The Balaban J connectivity index is 0.00000208. The third-order valence-electron chi connectivity index (χ3n) is 4.32. The number of amides is 1. The van der Waals surface area contributed by atoms with Crippen LogP contribution in [-0.2, 0) is 4.74 Å². The zero-order chi connectivity index (χ0) is 16.4. The van der Waals surface area contributed by atoms with Crippen LogP contribution < -0.4 is 15.8 Å². The lowest BCUT2D eigenvalue weighted by Gasteiger charge is -2.42. The Bertz CT molecular complexity index is 642. The van der Waals surface area contributed by atoms with Crippen LogP contribution in [0.4, 0.5) is 10.5 Å². The van der Waals surface area contributed by atoms with E-state index in [9.17, 15) is 4.79 Å². The van der Waals surface area contributed by atoms with Crippen LogP contribution in [0.3, 0.4) is 0 Å². The Hall–Kier alpha value is -2.15. The Labute approximate surface area is 147 Å². The van der Waals surface area contributed by atoms with E-state index in [1.807, 2.05) is 18.2 Å². The molecule has 3 rings (SSSR count). The third-order valence-corrected chi connectivity index (χ3v) is 4.32. The van der Waals surface area contributed by atoms with E-state index in [1.165, 1.54) is 0 Å². The number of carbonyl (C=O) groups excluding carboxylic acids is 1. The van der Waals surface area contributed by atoms with Crippen molar-refractivity contribution in [1.82, 2.24) is 4.90 Å². The summed E-state index contributed by atoms with van der Waals surface area (Å²) in [6.07, 6.45) is 1.10. The quantitative estimate of drug-likeness (QED) is 0.849. The summed E-state index contributed by atoms with van der Waals surface area (Å²) in [6, 6.07) is 5.76. The molecule has 0 unspecified atom stereocenters. The minimum Gasteiger partial charge on any atom is -0.496 e. The number of amidine groups is 1. The van der Waals surface area contributed by atoms with Crippen molar-refractivity contribution in [3.63, 3.8) is 0 Å². The van der Waals surface area contributed by atoms with Crippen LogP contribution in [0, 0.1) is 0 Å².